The summed E-state index contributed by atoms with van der Waals surface area (Å²) < 4.78 is 17.1. The summed E-state index contributed by atoms with van der Waals surface area (Å²) in [5.41, 5.74) is 0.440. The molecule has 178 valence electrons. The maximum Gasteiger partial charge on any atom is 0.349 e. The summed E-state index contributed by atoms with van der Waals surface area (Å²) >= 11 is 1.36. The number of ether oxygens (including phenoxy) is 2. The van der Waals surface area contributed by atoms with Crippen LogP contribution in [0.1, 0.15) is 24.2 Å². The van der Waals surface area contributed by atoms with Gasteiger partial charge in [0.2, 0.25) is 0 Å². The molecular weight excluding hydrogens is 454 g/mol. The quantitative estimate of drug-likeness (QED) is 0.327. The molecule has 2 aromatic carbocycles. The van der Waals surface area contributed by atoms with Crippen molar-refractivity contribution in [1.82, 2.24) is 9.88 Å². The number of anilines is 1. The van der Waals surface area contributed by atoms with Gasteiger partial charge in [0.25, 0.3) is 5.91 Å². The first kappa shape index (κ1) is 23.7. The zero-order valence-corrected chi connectivity index (χ0v) is 20.5. The Kier molecular flexibility index (Phi) is 7.14. The van der Waals surface area contributed by atoms with Gasteiger partial charge in [0, 0.05) is 30.6 Å². The summed E-state index contributed by atoms with van der Waals surface area (Å²) in [6.07, 6.45) is 0. The number of carbonyl (C=O) groups is 1. The number of amides is 1. The SMILES string of the molecule is CCN(CC)CCN(C(=O)c1cc2ccccc2oc1=O)c1nc2cc(OC)c(OC)cc2s1. The Morgan fingerprint density at radius 3 is 2.44 bits per heavy atom. The van der Waals surface area contributed by atoms with Crippen LogP contribution in [-0.2, 0) is 0 Å². The van der Waals surface area contributed by atoms with E-state index in [1.807, 2.05) is 18.2 Å². The maximum atomic E-state index is 13.7. The zero-order chi connectivity index (χ0) is 24.2. The van der Waals surface area contributed by atoms with Crippen molar-refractivity contribution < 1.29 is 18.7 Å². The summed E-state index contributed by atoms with van der Waals surface area (Å²) in [5.74, 6) is 0.703. The Bertz CT molecular complexity index is 1340. The molecule has 0 N–H and O–H groups in total. The third-order valence-corrected chi connectivity index (χ3v) is 6.81. The van der Waals surface area contributed by atoms with Crippen LogP contribution in [-0.4, -0.2) is 56.2 Å². The van der Waals surface area contributed by atoms with E-state index in [4.69, 9.17) is 18.9 Å². The van der Waals surface area contributed by atoms with Crippen molar-refractivity contribution in [3.05, 3.63) is 58.4 Å². The van der Waals surface area contributed by atoms with Crippen LogP contribution in [0.2, 0.25) is 0 Å². The van der Waals surface area contributed by atoms with E-state index in [0.717, 1.165) is 17.8 Å². The number of thiazole rings is 1. The van der Waals surface area contributed by atoms with Gasteiger partial charge in [-0.2, -0.15) is 0 Å². The number of methoxy groups -OCH3 is 2. The van der Waals surface area contributed by atoms with Gasteiger partial charge in [-0.05, 0) is 25.2 Å². The molecular formula is C25H27N3O5S. The van der Waals surface area contributed by atoms with Gasteiger partial charge in [-0.3, -0.25) is 9.69 Å². The van der Waals surface area contributed by atoms with Crippen LogP contribution < -0.4 is 20.0 Å². The minimum Gasteiger partial charge on any atom is -0.493 e. The minimum absolute atomic E-state index is 0.0207. The van der Waals surface area contributed by atoms with Gasteiger partial charge in [0.05, 0.1) is 24.4 Å². The van der Waals surface area contributed by atoms with Gasteiger partial charge < -0.3 is 18.8 Å². The number of likely N-dealkylation sites (N-methyl/N-ethyl adjacent to an activating group) is 1. The topological polar surface area (TPSA) is 85.1 Å². The van der Waals surface area contributed by atoms with Crippen molar-refractivity contribution in [1.29, 1.82) is 0 Å². The molecule has 0 fully saturated rings. The van der Waals surface area contributed by atoms with Gasteiger partial charge >= 0.3 is 5.63 Å². The number of fused-ring (bicyclic) bond motifs is 2. The summed E-state index contributed by atoms with van der Waals surface area (Å²) in [7, 11) is 3.14. The minimum atomic E-state index is -0.666. The third kappa shape index (κ3) is 4.62. The smallest absolute Gasteiger partial charge is 0.349 e. The van der Waals surface area contributed by atoms with E-state index in [1.54, 1.807) is 43.4 Å². The number of para-hydroxylation sites is 1. The van der Waals surface area contributed by atoms with Crippen molar-refractivity contribution in [2.75, 3.05) is 45.3 Å². The zero-order valence-electron chi connectivity index (χ0n) is 19.7. The Morgan fingerprint density at radius 1 is 1.03 bits per heavy atom. The number of carbonyl (C=O) groups excluding carboxylic acids is 1. The van der Waals surface area contributed by atoms with E-state index in [1.165, 1.54) is 11.3 Å². The largest absolute Gasteiger partial charge is 0.493 e. The normalized spacial score (nSPS) is 11.3. The Hall–Kier alpha value is -3.43. The molecule has 0 aliphatic rings. The molecule has 4 rings (SSSR count). The van der Waals surface area contributed by atoms with Crippen LogP contribution in [0.15, 0.2) is 51.7 Å². The summed E-state index contributed by atoms with van der Waals surface area (Å²) in [6, 6.07) is 12.4. The highest BCUT2D eigenvalue weighted by Crippen LogP contribution is 2.37. The first-order valence-electron chi connectivity index (χ1n) is 11.1. The van der Waals surface area contributed by atoms with Crippen molar-refractivity contribution in [3.8, 4) is 11.5 Å². The molecule has 0 aliphatic carbocycles. The lowest BCUT2D eigenvalue weighted by atomic mass is 10.1. The molecule has 0 aliphatic heterocycles. The van der Waals surface area contributed by atoms with E-state index < -0.39 is 11.5 Å². The van der Waals surface area contributed by atoms with Crippen LogP contribution in [0.25, 0.3) is 21.2 Å². The fourth-order valence-electron chi connectivity index (χ4n) is 3.78. The Labute approximate surface area is 201 Å². The highest BCUT2D eigenvalue weighted by atomic mass is 32.1. The first-order valence-corrected chi connectivity index (χ1v) is 11.9. The van der Waals surface area contributed by atoms with E-state index in [0.29, 0.717) is 46.2 Å². The molecule has 2 heterocycles. The molecule has 34 heavy (non-hydrogen) atoms. The summed E-state index contributed by atoms with van der Waals surface area (Å²) in [6.45, 7) is 6.87. The van der Waals surface area contributed by atoms with Crippen LogP contribution in [0.5, 0.6) is 11.5 Å². The predicted octanol–water partition coefficient (Wildman–Crippen LogP) is 4.41. The standard InChI is InChI=1S/C25H27N3O5S/c1-5-27(6-2)11-12-28(23(29)17-13-16-9-7-8-10-19(16)33-24(17)30)25-26-18-14-20(31-3)21(32-4)15-22(18)34-25/h7-10,13-15H,5-6,11-12H2,1-4H3. The van der Waals surface area contributed by atoms with Gasteiger partial charge in [-0.15, -0.1) is 0 Å². The van der Waals surface area contributed by atoms with Crippen molar-refractivity contribution in [3.63, 3.8) is 0 Å². The second kappa shape index (κ2) is 10.2. The number of rotatable bonds is 9. The predicted molar refractivity (Wildman–Crippen MR) is 135 cm³/mol. The number of nitrogens with zero attached hydrogens (tertiary/aromatic N) is 3. The lowest BCUT2D eigenvalue weighted by Gasteiger charge is -2.24. The monoisotopic (exact) mass is 481 g/mol. The second-order valence-electron chi connectivity index (χ2n) is 7.64. The van der Waals surface area contributed by atoms with Crippen molar-refractivity contribution >= 4 is 43.6 Å². The van der Waals surface area contributed by atoms with E-state index in [2.05, 4.69) is 18.7 Å². The molecule has 2 aromatic heterocycles. The van der Waals surface area contributed by atoms with Gasteiger partial charge in [0.1, 0.15) is 11.1 Å². The molecule has 8 nitrogen and oxygen atoms in total. The van der Waals surface area contributed by atoms with Crippen LogP contribution in [0.4, 0.5) is 5.13 Å². The summed E-state index contributed by atoms with van der Waals surface area (Å²) in [5, 5.41) is 1.18. The highest BCUT2D eigenvalue weighted by Gasteiger charge is 2.25. The third-order valence-electron chi connectivity index (χ3n) is 5.76. The number of benzene rings is 2. The lowest BCUT2D eigenvalue weighted by molar-refractivity contribution is 0.0980. The first-order chi connectivity index (χ1) is 16.5. The molecule has 0 spiro atoms. The average molecular weight is 482 g/mol. The van der Waals surface area contributed by atoms with Gasteiger partial charge in [-0.1, -0.05) is 43.4 Å². The van der Waals surface area contributed by atoms with E-state index >= 15 is 0 Å². The van der Waals surface area contributed by atoms with E-state index in [9.17, 15) is 9.59 Å². The molecule has 9 heteroatoms. The number of hydrogen-bond acceptors (Lipinski definition) is 8. The average Bonchev–Trinajstić information content (AvgIpc) is 3.27. The molecule has 0 saturated carbocycles. The molecule has 0 atom stereocenters. The fourth-order valence-corrected chi connectivity index (χ4v) is 4.78. The lowest BCUT2D eigenvalue weighted by Crippen LogP contribution is -2.40. The van der Waals surface area contributed by atoms with Gasteiger partial charge in [0.15, 0.2) is 16.6 Å². The second-order valence-corrected chi connectivity index (χ2v) is 8.65. The maximum absolute atomic E-state index is 13.7. The molecule has 4 aromatic rings. The molecule has 0 unspecified atom stereocenters. The van der Waals surface area contributed by atoms with Crippen molar-refractivity contribution in [2.24, 2.45) is 0 Å². The summed E-state index contributed by atoms with van der Waals surface area (Å²) in [4.78, 5) is 34.9. The fraction of sp³-hybridized carbons (Fsp3) is 0.320. The van der Waals surface area contributed by atoms with E-state index in [-0.39, 0.29) is 5.56 Å². The van der Waals surface area contributed by atoms with Crippen LogP contribution >= 0.6 is 11.3 Å². The van der Waals surface area contributed by atoms with Crippen molar-refractivity contribution in [2.45, 2.75) is 13.8 Å². The number of aromatic nitrogens is 1. The molecule has 0 bridgehead atoms. The highest BCUT2D eigenvalue weighted by molar-refractivity contribution is 7.22. The Morgan fingerprint density at radius 2 is 1.74 bits per heavy atom. The van der Waals surface area contributed by atoms with Gasteiger partial charge in [-0.25, -0.2) is 9.78 Å². The number of hydrogen-bond donors (Lipinski definition) is 0. The molecule has 0 radical (unpaired) electrons. The molecule has 0 saturated heterocycles. The van der Waals surface area contributed by atoms with Crippen LogP contribution in [0, 0.1) is 0 Å². The molecule has 1 amide bonds. The van der Waals surface area contributed by atoms with Crippen LogP contribution in [0.3, 0.4) is 0 Å². The Balaban J connectivity index is 1.78.